The van der Waals surface area contributed by atoms with Crippen LogP contribution < -0.4 is 10.9 Å². The predicted octanol–water partition coefficient (Wildman–Crippen LogP) is 4.29. The van der Waals surface area contributed by atoms with Crippen LogP contribution in [-0.2, 0) is 29.6 Å². The van der Waals surface area contributed by atoms with Gasteiger partial charge in [-0.1, -0.05) is 55.3 Å². The smallest absolute Gasteiger partial charge is 0.416 e. The fraction of sp³-hybridized carbons (Fsp3) is 0.250. The van der Waals surface area contributed by atoms with E-state index in [1.807, 2.05) is 0 Å². The molecule has 1 heterocycles. The van der Waals surface area contributed by atoms with E-state index < -0.39 is 34.3 Å². The van der Waals surface area contributed by atoms with Gasteiger partial charge in [0.05, 0.1) is 5.56 Å². The molecule has 0 saturated heterocycles. The lowest BCUT2D eigenvalue weighted by Gasteiger charge is -2.18. The average Bonchev–Trinajstić information content (AvgIpc) is 2.77. The lowest BCUT2D eigenvalue weighted by atomic mass is 10.1. The molecule has 180 valence electrons. The van der Waals surface area contributed by atoms with E-state index in [2.05, 4.69) is 5.32 Å². The molecule has 0 radical (unpaired) electrons. The third kappa shape index (κ3) is 6.00. The number of amides is 1. The van der Waals surface area contributed by atoms with Crippen molar-refractivity contribution in [3.05, 3.63) is 99.0 Å². The minimum Gasteiger partial charge on any atom is -0.772 e. The summed E-state index contributed by atoms with van der Waals surface area (Å²) in [7, 11) is 0. The van der Waals surface area contributed by atoms with Gasteiger partial charge in [0.25, 0.3) is 11.5 Å². The van der Waals surface area contributed by atoms with E-state index in [0.29, 0.717) is 16.8 Å². The molecule has 10 heteroatoms. The first kappa shape index (κ1) is 25.4. The second-order valence-corrected chi connectivity index (χ2v) is 8.86. The lowest BCUT2D eigenvalue weighted by molar-refractivity contribution is -0.137. The zero-order valence-electron chi connectivity index (χ0n) is 18.4. The van der Waals surface area contributed by atoms with Crippen molar-refractivity contribution < 1.29 is 26.7 Å². The molecule has 1 unspecified atom stereocenters. The van der Waals surface area contributed by atoms with Crippen LogP contribution in [0.25, 0.3) is 5.69 Å². The molecule has 0 saturated carbocycles. The van der Waals surface area contributed by atoms with Gasteiger partial charge in [-0.2, -0.15) is 13.2 Å². The Bertz CT molecular complexity index is 1270. The Kier molecular flexibility index (Phi) is 7.73. The first-order valence-corrected chi connectivity index (χ1v) is 11.6. The van der Waals surface area contributed by atoms with Gasteiger partial charge in [0.1, 0.15) is 5.56 Å². The summed E-state index contributed by atoms with van der Waals surface area (Å²) in [5.41, 5.74) is -0.0682. The van der Waals surface area contributed by atoms with Gasteiger partial charge in [0.2, 0.25) is 0 Å². The van der Waals surface area contributed by atoms with Gasteiger partial charge < -0.3 is 9.87 Å². The molecule has 0 bridgehead atoms. The molecule has 1 N–H and O–H groups in total. The Morgan fingerprint density at radius 1 is 1.06 bits per heavy atom. The zero-order chi connectivity index (χ0) is 25.0. The van der Waals surface area contributed by atoms with E-state index >= 15 is 0 Å². The standard InChI is InChI=1S/C24H23F3N2O4S/c1-15(2)21-11-10-20(22(30)28-13-16-6-8-17(9-7-16)14-34(32)33)23(31)29(21)19-5-3-4-18(12-19)24(25,26)27/h3-12,15H,13-14H2,1-2H3,(H,28,30)(H,32,33)/p-1. The van der Waals surface area contributed by atoms with Crippen molar-refractivity contribution in [2.45, 2.75) is 38.2 Å². The minimum absolute atomic E-state index is 0.0181. The monoisotopic (exact) mass is 491 g/mol. The van der Waals surface area contributed by atoms with Crippen LogP contribution in [0.15, 0.2) is 65.5 Å². The van der Waals surface area contributed by atoms with E-state index in [1.165, 1.54) is 18.2 Å². The van der Waals surface area contributed by atoms with Crippen molar-refractivity contribution in [1.82, 2.24) is 9.88 Å². The van der Waals surface area contributed by atoms with Crippen molar-refractivity contribution in [2.75, 3.05) is 0 Å². The number of rotatable bonds is 7. The van der Waals surface area contributed by atoms with Crippen molar-refractivity contribution in [1.29, 1.82) is 0 Å². The molecule has 3 rings (SSSR count). The molecular weight excluding hydrogens is 469 g/mol. The molecule has 0 fully saturated rings. The first-order chi connectivity index (χ1) is 16.0. The van der Waals surface area contributed by atoms with Crippen LogP contribution in [0.2, 0.25) is 0 Å². The maximum absolute atomic E-state index is 13.2. The fourth-order valence-electron chi connectivity index (χ4n) is 3.43. The molecule has 34 heavy (non-hydrogen) atoms. The molecule has 0 aliphatic rings. The molecule has 0 spiro atoms. The van der Waals surface area contributed by atoms with Crippen molar-refractivity contribution in [3.8, 4) is 5.69 Å². The Labute approximate surface area is 196 Å². The summed E-state index contributed by atoms with van der Waals surface area (Å²) in [5, 5.41) is 2.63. The van der Waals surface area contributed by atoms with Crippen molar-refractivity contribution >= 4 is 17.0 Å². The van der Waals surface area contributed by atoms with Gasteiger partial charge in [-0.25, -0.2) is 0 Å². The second kappa shape index (κ2) is 10.4. The first-order valence-electron chi connectivity index (χ1n) is 10.3. The second-order valence-electron chi connectivity index (χ2n) is 7.96. The topological polar surface area (TPSA) is 91.2 Å². The zero-order valence-corrected chi connectivity index (χ0v) is 19.2. The van der Waals surface area contributed by atoms with Crippen molar-refractivity contribution in [2.24, 2.45) is 0 Å². The number of hydrogen-bond donors (Lipinski definition) is 1. The summed E-state index contributed by atoms with van der Waals surface area (Å²) >= 11 is -2.21. The van der Waals surface area contributed by atoms with Gasteiger partial charge in [-0.05, 0) is 47.4 Å². The Balaban J connectivity index is 1.91. The normalized spacial score (nSPS) is 12.6. The van der Waals surface area contributed by atoms with Crippen molar-refractivity contribution in [3.63, 3.8) is 0 Å². The molecule has 1 aromatic heterocycles. The summed E-state index contributed by atoms with van der Waals surface area (Å²) in [6.45, 7) is 3.67. The quantitative estimate of drug-likeness (QED) is 0.499. The Hall–Kier alpha value is -3.24. The number of nitrogens with zero attached hydrogens (tertiary/aromatic N) is 1. The number of aromatic nitrogens is 1. The van der Waals surface area contributed by atoms with Gasteiger partial charge in [0.15, 0.2) is 0 Å². The predicted molar refractivity (Wildman–Crippen MR) is 121 cm³/mol. The van der Waals surface area contributed by atoms with Gasteiger partial charge in [-0.15, -0.1) is 0 Å². The number of alkyl halides is 3. The summed E-state index contributed by atoms with van der Waals surface area (Å²) in [4.78, 5) is 26.0. The molecule has 0 aliphatic heterocycles. The van der Waals surface area contributed by atoms with Crippen LogP contribution in [0.4, 0.5) is 13.2 Å². The van der Waals surface area contributed by atoms with E-state index in [4.69, 9.17) is 0 Å². The van der Waals surface area contributed by atoms with Gasteiger partial charge in [0, 0.05) is 23.7 Å². The van der Waals surface area contributed by atoms with Crippen LogP contribution in [0, 0.1) is 0 Å². The highest BCUT2D eigenvalue weighted by atomic mass is 32.2. The third-order valence-electron chi connectivity index (χ3n) is 5.14. The Morgan fingerprint density at radius 3 is 2.29 bits per heavy atom. The van der Waals surface area contributed by atoms with Crippen LogP contribution in [0.3, 0.4) is 0 Å². The molecule has 6 nitrogen and oxygen atoms in total. The number of hydrogen-bond acceptors (Lipinski definition) is 4. The molecule has 1 atom stereocenters. The number of halogens is 3. The summed E-state index contributed by atoms with van der Waals surface area (Å²) in [6.07, 6.45) is -4.58. The fourth-order valence-corrected chi connectivity index (χ4v) is 3.89. The van der Waals surface area contributed by atoms with Crippen LogP contribution in [0.1, 0.15) is 52.5 Å². The van der Waals surface area contributed by atoms with E-state index in [9.17, 15) is 31.5 Å². The molecular formula is C24H22F3N2O4S-. The van der Waals surface area contributed by atoms with Crippen LogP contribution in [0.5, 0.6) is 0 Å². The highest BCUT2D eigenvalue weighted by Crippen LogP contribution is 2.30. The number of carbonyl (C=O) groups is 1. The molecule has 0 aliphatic carbocycles. The number of pyridine rings is 1. The summed E-state index contributed by atoms with van der Waals surface area (Å²) < 4.78 is 62.3. The highest BCUT2D eigenvalue weighted by Gasteiger charge is 2.31. The average molecular weight is 492 g/mol. The number of nitrogens with one attached hydrogen (secondary N) is 1. The van der Waals surface area contributed by atoms with Crippen LogP contribution in [-0.4, -0.2) is 19.2 Å². The largest absolute Gasteiger partial charge is 0.772 e. The maximum atomic E-state index is 13.2. The van der Waals surface area contributed by atoms with Gasteiger partial charge >= 0.3 is 6.18 Å². The SMILES string of the molecule is CC(C)c1ccc(C(=O)NCc2ccc(CS(=O)[O-])cc2)c(=O)n1-c1cccc(C(F)(F)F)c1. The highest BCUT2D eigenvalue weighted by molar-refractivity contribution is 7.78. The Morgan fingerprint density at radius 2 is 1.71 bits per heavy atom. The summed E-state index contributed by atoms with van der Waals surface area (Å²) in [5.74, 6) is -0.990. The number of benzene rings is 2. The number of carbonyl (C=O) groups excluding carboxylic acids is 1. The van der Waals surface area contributed by atoms with E-state index in [0.717, 1.165) is 16.7 Å². The third-order valence-corrected chi connectivity index (χ3v) is 5.71. The summed E-state index contributed by atoms with van der Waals surface area (Å²) in [6, 6.07) is 13.9. The molecule has 1 amide bonds. The van der Waals surface area contributed by atoms with Crippen LogP contribution >= 0.6 is 0 Å². The van der Waals surface area contributed by atoms with Gasteiger partial charge in [-0.3, -0.25) is 18.4 Å². The minimum atomic E-state index is -4.58. The molecule has 2 aromatic carbocycles. The van der Waals surface area contributed by atoms with E-state index in [-0.39, 0.29) is 29.5 Å². The maximum Gasteiger partial charge on any atom is 0.416 e. The van der Waals surface area contributed by atoms with E-state index in [1.54, 1.807) is 44.2 Å². The molecule has 3 aromatic rings. The lowest BCUT2D eigenvalue weighted by Crippen LogP contribution is -2.33.